The summed E-state index contributed by atoms with van der Waals surface area (Å²) in [6.45, 7) is 4.45. The fourth-order valence-corrected chi connectivity index (χ4v) is 5.92. The molecule has 0 saturated heterocycles. The van der Waals surface area contributed by atoms with Gasteiger partial charge in [0.2, 0.25) is 0 Å². The van der Waals surface area contributed by atoms with Crippen LogP contribution in [0.3, 0.4) is 0 Å². The molecule has 3 rings (SSSR count). The molecule has 0 amide bonds. The van der Waals surface area contributed by atoms with Gasteiger partial charge in [0, 0.05) is 11.5 Å². The fraction of sp³-hybridized carbons (Fsp3) is 0.733. The Labute approximate surface area is 191 Å². The molecule has 0 N–H and O–H groups in total. The monoisotopic (exact) mass is 424 g/mol. The largest absolute Gasteiger partial charge is 0.207 e. The Hall–Kier alpha value is -1.29. The molecule has 0 unspecified atom stereocenters. The van der Waals surface area contributed by atoms with Crippen molar-refractivity contribution < 1.29 is 4.39 Å². The topological polar surface area (TPSA) is 0 Å². The third-order valence-electron chi connectivity index (χ3n) is 8.07. The summed E-state index contributed by atoms with van der Waals surface area (Å²) < 4.78 is 14.3. The van der Waals surface area contributed by atoms with Crippen LogP contribution in [0, 0.1) is 41.3 Å². The summed E-state index contributed by atoms with van der Waals surface area (Å²) in [7, 11) is 0. The summed E-state index contributed by atoms with van der Waals surface area (Å²) >= 11 is 0. The lowest BCUT2D eigenvalue weighted by Crippen LogP contribution is -2.25. The molecule has 1 aromatic carbocycles. The Morgan fingerprint density at radius 2 is 1.48 bits per heavy atom. The fourth-order valence-electron chi connectivity index (χ4n) is 5.92. The number of unbranched alkanes of at least 4 members (excludes halogenated alkanes) is 4. The predicted octanol–water partition coefficient (Wildman–Crippen LogP) is 9.10. The van der Waals surface area contributed by atoms with E-state index in [2.05, 4.69) is 25.7 Å². The van der Waals surface area contributed by atoms with E-state index in [1.165, 1.54) is 83.5 Å². The van der Waals surface area contributed by atoms with Crippen molar-refractivity contribution in [3.63, 3.8) is 0 Å². The second kappa shape index (κ2) is 13.3. The number of hydrogen-bond donors (Lipinski definition) is 0. The van der Waals surface area contributed by atoms with E-state index in [1.54, 1.807) is 6.07 Å². The average molecular weight is 425 g/mol. The molecule has 0 spiro atoms. The van der Waals surface area contributed by atoms with Gasteiger partial charge in [-0.05, 0) is 86.8 Å². The van der Waals surface area contributed by atoms with Crippen LogP contribution in [0.1, 0.15) is 121 Å². The van der Waals surface area contributed by atoms with E-state index in [0.717, 1.165) is 48.1 Å². The zero-order chi connectivity index (χ0) is 21.9. The molecule has 2 aliphatic carbocycles. The van der Waals surface area contributed by atoms with Crippen molar-refractivity contribution in [2.24, 2.45) is 23.7 Å². The molecule has 2 aliphatic rings. The van der Waals surface area contributed by atoms with Gasteiger partial charge in [-0.15, -0.1) is 0 Å². The summed E-state index contributed by atoms with van der Waals surface area (Å²) in [6.07, 6.45) is 21.2. The minimum absolute atomic E-state index is 0.0788. The van der Waals surface area contributed by atoms with Crippen LogP contribution in [-0.2, 0) is 6.42 Å². The van der Waals surface area contributed by atoms with Crippen LogP contribution >= 0.6 is 0 Å². The van der Waals surface area contributed by atoms with E-state index in [1.807, 2.05) is 12.1 Å². The molecular formula is C30H45F. The zero-order valence-corrected chi connectivity index (χ0v) is 20.2. The molecule has 1 heteroatoms. The quantitative estimate of drug-likeness (QED) is 0.274. The number of aryl methyl sites for hydroxylation is 1. The van der Waals surface area contributed by atoms with Gasteiger partial charge in [0.15, 0.2) is 0 Å². The van der Waals surface area contributed by atoms with Crippen molar-refractivity contribution in [1.29, 1.82) is 0 Å². The highest BCUT2D eigenvalue weighted by Crippen LogP contribution is 2.42. The minimum Gasteiger partial charge on any atom is -0.207 e. The maximum Gasteiger partial charge on any atom is 0.127 e. The SMILES string of the molecule is CCCCCCC1CCC(C2CCC(C#Cc3ccc(CCCC)c(F)c3)CC2)CC1. The Kier molecular flexibility index (Phi) is 10.5. The molecule has 0 bridgehead atoms. The molecule has 172 valence electrons. The lowest BCUT2D eigenvalue weighted by Gasteiger charge is -2.37. The van der Waals surface area contributed by atoms with Crippen molar-refractivity contribution in [2.75, 3.05) is 0 Å². The highest BCUT2D eigenvalue weighted by Gasteiger charge is 2.30. The smallest absolute Gasteiger partial charge is 0.127 e. The van der Waals surface area contributed by atoms with Crippen LogP contribution < -0.4 is 0 Å². The standard InChI is InChI=1S/C30H45F/c1-3-5-7-8-9-24-13-18-27(19-14-24)28-20-15-25(16-21-28)11-12-26-17-22-29(10-6-4-2)30(31)23-26/h17,22-25,27-28H,3-10,13-16,18-21H2,1-2H3. The number of halogens is 1. The third kappa shape index (κ3) is 7.97. The molecular weight excluding hydrogens is 379 g/mol. The first kappa shape index (κ1) is 24.4. The summed E-state index contributed by atoms with van der Waals surface area (Å²) in [5, 5.41) is 0. The van der Waals surface area contributed by atoms with Gasteiger partial charge >= 0.3 is 0 Å². The van der Waals surface area contributed by atoms with Crippen LogP contribution in [0.15, 0.2) is 18.2 Å². The Morgan fingerprint density at radius 3 is 2.13 bits per heavy atom. The maximum atomic E-state index is 14.3. The zero-order valence-electron chi connectivity index (χ0n) is 20.2. The first-order chi connectivity index (χ1) is 15.2. The first-order valence-corrected chi connectivity index (χ1v) is 13.5. The average Bonchev–Trinajstić information content (AvgIpc) is 2.81. The molecule has 0 aromatic heterocycles. The van der Waals surface area contributed by atoms with Crippen LogP contribution in [0.4, 0.5) is 4.39 Å². The van der Waals surface area contributed by atoms with Crippen molar-refractivity contribution in [1.82, 2.24) is 0 Å². The Bertz CT molecular complexity index is 693. The summed E-state index contributed by atoms with van der Waals surface area (Å²) in [5.41, 5.74) is 1.68. The van der Waals surface area contributed by atoms with Crippen LogP contribution in [0.5, 0.6) is 0 Å². The van der Waals surface area contributed by atoms with Gasteiger partial charge in [-0.1, -0.05) is 83.1 Å². The van der Waals surface area contributed by atoms with Crippen LogP contribution in [-0.4, -0.2) is 0 Å². The van der Waals surface area contributed by atoms with Gasteiger partial charge in [0.25, 0.3) is 0 Å². The number of rotatable bonds is 9. The first-order valence-electron chi connectivity index (χ1n) is 13.5. The lowest BCUT2D eigenvalue weighted by atomic mass is 9.69. The minimum atomic E-state index is -0.0788. The van der Waals surface area contributed by atoms with Gasteiger partial charge in [-0.3, -0.25) is 0 Å². The van der Waals surface area contributed by atoms with Gasteiger partial charge in [0.1, 0.15) is 5.82 Å². The molecule has 0 nitrogen and oxygen atoms in total. The van der Waals surface area contributed by atoms with Gasteiger partial charge < -0.3 is 0 Å². The molecule has 1 aromatic rings. The molecule has 0 heterocycles. The summed E-state index contributed by atoms with van der Waals surface area (Å²) in [5.74, 6) is 10.1. The summed E-state index contributed by atoms with van der Waals surface area (Å²) in [6, 6.07) is 5.59. The highest BCUT2D eigenvalue weighted by atomic mass is 19.1. The van der Waals surface area contributed by atoms with Crippen LogP contribution in [0.2, 0.25) is 0 Å². The van der Waals surface area contributed by atoms with Crippen LogP contribution in [0.25, 0.3) is 0 Å². The Balaban J connectivity index is 1.38. The number of hydrogen-bond acceptors (Lipinski definition) is 0. The van der Waals surface area contributed by atoms with E-state index in [9.17, 15) is 4.39 Å². The van der Waals surface area contributed by atoms with Crippen molar-refractivity contribution in [3.05, 3.63) is 35.1 Å². The molecule has 0 aliphatic heterocycles. The molecule has 2 saturated carbocycles. The molecule has 0 radical (unpaired) electrons. The molecule has 2 fully saturated rings. The molecule has 0 atom stereocenters. The Morgan fingerprint density at radius 1 is 0.806 bits per heavy atom. The molecule has 31 heavy (non-hydrogen) atoms. The normalized spacial score (nSPS) is 26.3. The van der Waals surface area contributed by atoms with Crippen molar-refractivity contribution in [2.45, 2.75) is 117 Å². The van der Waals surface area contributed by atoms with Gasteiger partial charge in [-0.25, -0.2) is 4.39 Å². The third-order valence-corrected chi connectivity index (χ3v) is 8.07. The van der Waals surface area contributed by atoms with E-state index < -0.39 is 0 Å². The van der Waals surface area contributed by atoms with E-state index >= 15 is 0 Å². The van der Waals surface area contributed by atoms with Crippen molar-refractivity contribution >= 4 is 0 Å². The second-order valence-electron chi connectivity index (χ2n) is 10.4. The summed E-state index contributed by atoms with van der Waals surface area (Å²) in [4.78, 5) is 0. The van der Waals surface area contributed by atoms with Gasteiger partial charge in [0.05, 0.1) is 0 Å². The van der Waals surface area contributed by atoms with E-state index in [0.29, 0.717) is 5.92 Å². The predicted molar refractivity (Wildman–Crippen MR) is 132 cm³/mol. The number of benzene rings is 1. The maximum absolute atomic E-state index is 14.3. The van der Waals surface area contributed by atoms with E-state index in [-0.39, 0.29) is 5.82 Å². The van der Waals surface area contributed by atoms with E-state index in [4.69, 9.17) is 0 Å². The lowest BCUT2D eigenvalue weighted by molar-refractivity contribution is 0.153. The second-order valence-corrected chi connectivity index (χ2v) is 10.4. The highest BCUT2D eigenvalue weighted by molar-refractivity contribution is 5.37. The van der Waals surface area contributed by atoms with Crippen molar-refractivity contribution in [3.8, 4) is 11.8 Å². The van der Waals surface area contributed by atoms with Gasteiger partial charge in [-0.2, -0.15) is 0 Å².